The summed E-state index contributed by atoms with van der Waals surface area (Å²) in [6.07, 6.45) is 3.69. The van der Waals surface area contributed by atoms with Gasteiger partial charge in [0.05, 0.1) is 11.4 Å². The molecule has 0 aliphatic heterocycles. The molecule has 0 saturated carbocycles. The average molecular weight is 754 g/mol. The number of hydrogen-bond acceptors (Lipinski definition) is 3. The van der Waals surface area contributed by atoms with Gasteiger partial charge in [0.15, 0.2) is 5.82 Å². The average Bonchev–Trinajstić information content (AvgIpc) is 3.53. The molecular weight excluding hydrogens is 715 g/mol. The normalized spacial score (nSPS) is 12.7. The van der Waals surface area contributed by atoms with E-state index in [9.17, 15) is 0 Å². The first-order chi connectivity index (χ1) is 29.0. The van der Waals surface area contributed by atoms with Crippen LogP contribution >= 0.6 is 0 Å². The van der Waals surface area contributed by atoms with Crippen molar-refractivity contribution in [2.45, 2.75) is 19.3 Å². The second-order valence-corrected chi connectivity index (χ2v) is 16.0. The van der Waals surface area contributed by atoms with Gasteiger partial charge in [0.25, 0.3) is 0 Å². The third kappa shape index (κ3) is 5.94. The molecule has 0 spiro atoms. The van der Waals surface area contributed by atoms with Crippen LogP contribution in [0.4, 0.5) is 0 Å². The molecule has 0 unspecified atom stereocenters. The van der Waals surface area contributed by atoms with Crippen LogP contribution in [0.1, 0.15) is 25.0 Å². The van der Waals surface area contributed by atoms with Gasteiger partial charge in [-0.1, -0.05) is 178 Å². The molecule has 1 aliphatic carbocycles. The lowest BCUT2D eigenvalue weighted by molar-refractivity contribution is 0.663. The first-order valence-electron chi connectivity index (χ1n) is 20.2. The molecule has 8 aromatic carbocycles. The molecule has 0 atom stereocenters. The molecule has 59 heavy (non-hydrogen) atoms. The lowest BCUT2D eigenvalue weighted by Gasteiger charge is -2.25. The van der Waals surface area contributed by atoms with Crippen LogP contribution in [-0.4, -0.2) is 15.0 Å². The highest BCUT2D eigenvalue weighted by Gasteiger charge is 2.37. The molecule has 2 heterocycles. The summed E-state index contributed by atoms with van der Waals surface area (Å²) in [4.78, 5) is 14.6. The van der Waals surface area contributed by atoms with E-state index in [4.69, 9.17) is 9.97 Å². The van der Waals surface area contributed by atoms with Crippen LogP contribution in [0.25, 0.3) is 100.0 Å². The quantitative estimate of drug-likeness (QED) is 0.170. The molecule has 0 N–H and O–H groups in total. The minimum absolute atomic E-state index is 0.124. The fraction of sp³-hybridized carbons (Fsp3) is 0.0536. The summed E-state index contributed by atoms with van der Waals surface area (Å²) >= 11 is 0. The first-order valence-corrected chi connectivity index (χ1v) is 20.2. The molecule has 3 heteroatoms. The molecular formula is C56H39N3. The fourth-order valence-corrected chi connectivity index (χ4v) is 9.23. The zero-order chi connectivity index (χ0) is 39.5. The number of benzene rings is 8. The van der Waals surface area contributed by atoms with Gasteiger partial charge in [-0.05, 0) is 101 Å². The lowest BCUT2D eigenvalue weighted by Crippen LogP contribution is -2.16. The standard InChI is InChI=1S/C56H39N3/c1-56(2)51-33-42-15-7-6-14-41(42)32-50(51)49-20-10-19-45(54(49)56)38-25-23-37(24-26-38)44-29-30-48(47-18-9-8-17-46(44)47)53-34-52(58-55(59-53)40-12-4-3-5-13-40)39-27-21-36(22-28-39)43-16-11-31-57-35-43/h3-35H,1-2H3. The van der Waals surface area contributed by atoms with Gasteiger partial charge >= 0.3 is 0 Å². The maximum atomic E-state index is 5.21. The SMILES string of the molecule is CC1(C)c2cc3ccccc3cc2-c2cccc(-c3ccc(-c4ccc(-c5cc(-c6ccc(-c7cccnc7)cc6)nc(-c6ccccc6)n5)c5ccccc45)cc3)c21. The lowest BCUT2D eigenvalue weighted by atomic mass is 9.78. The van der Waals surface area contributed by atoms with Gasteiger partial charge in [-0.15, -0.1) is 0 Å². The smallest absolute Gasteiger partial charge is 0.160 e. The number of pyridine rings is 1. The predicted molar refractivity (Wildman–Crippen MR) is 245 cm³/mol. The van der Waals surface area contributed by atoms with E-state index in [0.29, 0.717) is 5.82 Å². The molecule has 2 aromatic heterocycles. The van der Waals surface area contributed by atoms with Gasteiger partial charge < -0.3 is 0 Å². The van der Waals surface area contributed by atoms with Gasteiger partial charge in [-0.3, -0.25) is 4.98 Å². The minimum atomic E-state index is -0.124. The number of hydrogen-bond donors (Lipinski definition) is 0. The minimum Gasteiger partial charge on any atom is -0.264 e. The van der Waals surface area contributed by atoms with Gasteiger partial charge in [0.2, 0.25) is 0 Å². The maximum Gasteiger partial charge on any atom is 0.160 e. The molecule has 0 radical (unpaired) electrons. The van der Waals surface area contributed by atoms with Crippen molar-refractivity contribution in [3.8, 4) is 78.4 Å². The van der Waals surface area contributed by atoms with Crippen LogP contribution in [0.15, 0.2) is 200 Å². The molecule has 0 bridgehead atoms. The maximum absolute atomic E-state index is 5.21. The van der Waals surface area contributed by atoms with Crippen molar-refractivity contribution >= 4 is 21.5 Å². The number of aromatic nitrogens is 3. The zero-order valence-electron chi connectivity index (χ0n) is 32.9. The van der Waals surface area contributed by atoms with Crippen molar-refractivity contribution in [2.24, 2.45) is 0 Å². The Balaban J connectivity index is 0.981. The van der Waals surface area contributed by atoms with E-state index >= 15 is 0 Å². The largest absolute Gasteiger partial charge is 0.264 e. The van der Waals surface area contributed by atoms with E-state index in [1.165, 1.54) is 60.7 Å². The van der Waals surface area contributed by atoms with Crippen molar-refractivity contribution in [1.82, 2.24) is 15.0 Å². The van der Waals surface area contributed by atoms with Gasteiger partial charge in [0.1, 0.15) is 0 Å². The van der Waals surface area contributed by atoms with Crippen molar-refractivity contribution in [1.29, 1.82) is 0 Å². The van der Waals surface area contributed by atoms with Crippen LogP contribution in [0.2, 0.25) is 0 Å². The van der Waals surface area contributed by atoms with Crippen LogP contribution in [-0.2, 0) is 5.41 Å². The topological polar surface area (TPSA) is 38.7 Å². The Morgan fingerprint density at radius 2 is 0.966 bits per heavy atom. The molecule has 0 saturated heterocycles. The molecule has 1 aliphatic rings. The van der Waals surface area contributed by atoms with Crippen LogP contribution < -0.4 is 0 Å². The Bertz CT molecular complexity index is 3200. The summed E-state index contributed by atoms with van der Waals surface area (Å²) in [6, 6.07) is 67.6. The summed E-state index contributed by atoms with van der Waals surface area (Å²) in [5.74, 6) is 0.699. The zero-order valence-corrected chi connectivity index (χ0v) is 32.9. The second-order valence-electron chi connectivity index (χ2n) is 16.0. The summed E-state index contributed by atoms with van der Waals surface area (Å²) in [5.41, 5.74) is 17.3. The monoisotopic (exact) mass is 753 g/mol. The van der Waals surface area contributed by atoms with Gasteiger partial charge in [-0.2, -0.15) is 0 Å². The molecule has 3 nitrogen and oxygen atoms in total. The van der Waals surface area contributed by atoms with E-state index in [0.717, 1.165) is 44.6 Å². The Morgan fingerprint density at radius 1 is 0.373 bits per heavy atom. The highest BCUT2D eigenvalue weighted by Crippen LogP contribution is 2.53. The van der Waals surface area contributed by atoms with Crippen molar-refractivity contribution in [2.75, 3.05) is 0 Å². The van der Waals surface area contributed by atoms with E-state index < -0.39 is 0 Å². The van der Waals surface area contributed by atoms with Crippen molar-refractivity contribution in [3.63, 3.8) is 0 Å². The van der Waals surface area contributed by atoms with Gasteiger partial charge in [0, 0.05) is 34.5 Å². The first kappa shape index (κ1) is 34.7. The summed E-state index contributed by atoms with van der Waals surface area (Å²) in [7, 11) is 0. The Labute approximate surface area is 344 Å². The summed E-state index contributed by atoms with van der Waals surface area (Å²) in [6.45, 7) is 4.75. The van der Waals surface area contributed by atoms with E-state index in [1.807, 2.05) is 30.5 Å². The van der Waals surface area contributed by atoms with Crippen molar-refractivity contribution in [3.05, 3.63) is 212 Å². The molecule has 0 amide bonds. The van der Waals surface area contributed by atoms with E-state index in [2.05, 4.69) is 183 Å². The number of nitrogens with zero attached hydrogens (tertiary/aromatic N) is 3. The number of rotatable bonds is 6. The highest BCUT2D eigenvalue weighted by atomic mass is 14.9. The third-order valence-electron chi connectivity index (χ3n) is 12.2. The van der Waals surface area contributed by atoms with E-state index in [-0.39, 0.29) is 5.41 Å². The molecule has 11 rings (SSSR count). The van der Waals surface area contributed by atoms with Crippen LogP contribution in [0, 0.1) is 0 Å². The Kier molecular flexibility index (Phi) is 8.16. The van der Waals surface area contributed by atoms with Crippen LogP contribution in [0.3, 0.4) is 0 Å². The van der Waals surface area contributed by atoms with Gasteiger partial charge in [-0.25, -0.2) is 9.97 Å². The fourth-order valence-electron chi connectivity index (χ4n) is 9.23. The molecule has 278 valence electrons. The van der Waals surface area contributed by atoms with E-state index in [1.54, 1.807) is 6.20 Å². The van der Waals surface area contributed by atoms with Crippen LogP contribution in [0.5, 0.6) is 0 Å². The summed E-state index contributed by atoms with van der Waals surface area (Å²) in [5, 5.41) is 4.91. The molecule has 10 aromatic rings. The third-order valence-corrected chi connectivity index (χ3v) is 12.2. The summed E-state index contributed by atoms with van der Waals surface area (Å²) < 4.78 is 0. The number of fused-ring (bicyclic) bond motifs is 5. The Hall–Kier alpha value is -7.49. The predicted octanol–water partition coefficient (Wildman–Crippen LogP) is 14.5. The molecule has 0 fully saturated rings. The Morgan fingerprint density at radius 3 is 1.71 bits per heavy atom. The highest BCUT2D eigenvalue weighted by molar-refractivity contribution is 6.05. The second kappa shape index (κ2) is 13.9. The van der Waals surface area contributed by atoms with Crippen molar-refractivity contribution < 1.29 is 0 Å².